The van der Waals surface area contributed by atoms with Gasteiger partial charge >= 0.3 is 0 Å². The Morgan fingerprint density at radius 2 is 1.70 bits per heavy atom. The van der Waals surface area contributed by atoms with Crippen molar-refractivity contribution in [3.05, 3.63) is 64.2 Å². The summed E-state index contributed by atoms with van der Waals surface area (Å²) in [6.07, 6.45) is 0. The van der Waals surface area contributed by atoms with Crippen LogP contribution >= 0.6 is 9.12 Å². The molecular weight excluding hydrogens is 262 g/mol. The van der Waals surface area contributed by atoms with Gasteiger partial charge in [-0.1, -0.05) is 36.4 Å². The predicted molar refractivity (Wildman–Crippen MR) is 92.3 cm³/mol. The van der Waals surface area contributed by atoms with E-state index in [4.69, 9.17) is 4.74 Å². The average Bonchev–Trinajstić information content (AvgIpc) is 2.46. The van der Waals surface area contributed by atoms with Crippen LogP contribution in [0.15, 0.2) is 36.4 Å². The van der Waals surface area contributed by atoms with Gasteiger partial charge in [0.25, 0.3) is 0 Å². The zero-order valence-corrected chi connectivity index (χ0v) is 13.9. The van der Waals surface area contributed by atoms with Gasteiger partial charge in [-0.2, -0.15) is 9.12 Å². The highest BCUT2D eigenvalue weighted by atomic mass is 31.0. The molecule has 2 unspecified atom stereocenters. The molecule has 20 heavy (non-hydrogen) atoms. The summed E-state index contributed by atoms with van der Waals surface area (Å²) in [7, 11) is 4.64. The molecule has 0 saturated heterocycles. The van der Waals surface area contributed by atoms with Crippen molar-refractivity contribution in [3.8, 4) is 5.75 Å². The van der Waals surface area contributed by atoms with Gasteiger partial charge in [0.2, 0.25) is 0 Å². The van der Waals surface area contributed by atoms with E-state index >= 15 is 0 Å². The van der Waals surface area contributed by atoms with Crippen molar-refractivity contribution in [1.29, 1.82) is 0 Å². The number of hydrogen-bond acceptors (Lipinski definition) is 1. The summed E-state index contributed by atoms with van der Waals surface area (Å²) in [5.74, 6) is 1.44. The van der Waals surface area contributed by atoms with E-state index in [1.807, 2.05) is 0 Å². The number of methoxy groups -OCH3 is 1. The Morgan fingerprint density at radius 3 is 2.25 bits per heavy atom. The van der Waals surface area contributed by atoms with Crippen molar-refractivity contribution in [3.63, 3.8) is 0 Å². The standard InChI is InChI=1S/C17H22BOP/c1-11-10-15(12(2)13(3)17(11)19-4)16(18-20)14-8-6-5-7-9-14/h5-10,16,18H,20H2,1-4H3. The zero-order valence-electron chi connectivity index (χ0n) is 12.7. The molecule has 3 heteroatoms. The van der Waals surface area contributed by atoms with E-state index in [0.717, 1.165) is 12.7 Å². The first kappa shape index (κ1) is 15.1. The molecule has 2 aromatic carbocycles. The van der Waals surface area contributed by atoms with E-state index < -0.39 is 0 Å². The summed E-state index contributed by atoms with van der Waals surface area (Å²) in [6.45, 7) is 7.49. The fourth-order valence-corrected chi connectivity index (χ4v) is 3.42. The van der Waals surface area contributed by atoms with E-state index in [1.54, 1.807) is 7.11 Å². The largest absolute Gasteiger partial charge is 0.496 e. The van der Waals surface area contributed by atoms with Gasteiger partial charge in [0.1, 0.15) is 5.75 Å². The molecule has 2 aromatic rings. The number of benzene rings is 2. The lowest BCUT2D eigenvalue weighted by molar-refractivity contribution is 0.408. The van der Waals surface area contributed by atoms with Gasteiger partial charge < -0.3 is 4.74 Å². The van der Waals surface area contributed by atoms with Crippen molar-refractivity contribution in [1.82, 2.24) is 0 Å². The van der Waals surface area contributed by atoms with Crippen LogP contribution in [0.25, 0.3) is 0 Å². The summed E-state index contributed by atoms with van der Waals surface area (Å²) in [5, 5.41) is 0. The molecule has 0 amide bonds. The maximum atomic E-state index is 5.53. The van der Waals surface area contributed by atoms with Crippen LogP contribution in [0.5, 0.6) is 5.75 Å². The van der Waals surface area contributed by atoms with Crippen molar-refractivity contribution in [2.45, 2.75) is 26.6 Å². The van der Waals surface area contributed by atoms with Crippen LogP contribution in [0.4, 0.5) is 0 Å². The molecular formula is C17H22BOP. The monoisotopic (exact) mass is 284 g/mol. The lowest BCUT2D eigenvalue weighted by atomic mass is 9.72. The quantitative estimate of drug-likeness (QED) is 0.610. The number of ether oxygens (including phenoxy) is 1. The summed E-state index contributed by atoms with van der Waals surface area (Å²) in [6, 6.07) is 13.0. The molecule has 0 aliphatic heterocycles. The number of rotatable bonds is 4. The molecule has 0 aliphatic carbocycles. The van der Waals surface area contributed by atoms with Crippen LogP contribution in [-0.4, -0.2) is 14.1 Å². The smallest absolute Gasteiger partial charge is 0.158 e. The first-order chi connectivity index (χ1) is 9.60. The van der Waals surface area contributed by atoms with Gasteiger partial charge in [-0.05, 0) is 54.4 Å². The summed E-state index contributed by atoms with van der Waals surface area (Å²) >= 11 is 0. The third-order valence-corrected chi connectivity index (χ3v) is 4.55. The Labute approximate surface area is 125 Å². The second-order valence-electron chi connectivity index (χ2n) is 5.26. The molecule has 0 saturated carbocycles. The molecule has 1 nitrogen and oxygen atoms in total. The molecule has 0 N–H and O–H groups in total. The fraction of sp³-hybridized carbons (Fsp3) is 0.294. The maximum Gasteiger partial charge on any atom is 0.158 e. The molecule has 0 heterocycles. The van der Waals surface area contributed by atoms with Crippen LogP contribution in [0.2, 0.25) is 0 Å². The fourth-order valence-electron chi connectivity index (χ4n) is 2.89. The predicted octanol–water partition coefficient (Wildman–Crippen LogP) is 3.94. The normalized spacial score (nSPS) is 12.1. The molecule has 0 fully saturated rings. The van der Waals surface area contributed by atoms with Gasteiger partial charge in [-0.15, -0.1) is 0 Å². The van der Waals surface area contributed by atoms with E-state index in [1.165, 1.54) is 27.8 Å². The highest BCUT2D eigenvalue weighted by Gasteiger charge is 2.19. The van der Waals surface area contributed by atoms with Crippen molar-refractivity contribution in [2.24, 2.45) is 0 Å². The topological polar surface area (TPSA) is 9.23 Å². The third-order valence-electron chi connectivity index (χ3n) is 4.08. The molecule has 0 aliphatic rings. The second-order valence-corrected chi connectivity index (χ2v) is 5.74. The van der Waals surface area contributed by atoms with Crippen molar-refractivity contribution in [2.75, 3.05) is 7.11 Å². The zero-order chi connectivity index (χ0) is 14.7. The molecule has 0 spiro atoms. The SMILES string of the molecule is COc1c(C)cc(C(BP)c2ccccc2)c(C)c1C. The summed E-state index contributed by atoms with van der Waals surface area (Å²) in [4.78, 5) is 0. The van der Waals surface area contributed by atoms with E-state index in [-0.39, 0.29) is 0 Å². The molecule has 0 aromatic heterocycles. The van der Waals surface area contributed by atoms with Crippen LogP contribution in [-0.2, 0) is 0 Å². The third kappa shape index (κ3) is 2.76. The van der Waals surface area contributed by atoms with E-state index in [0.29, 0.717) is 5.82 Å². The Balaban J connectivity index is 2.57. The maximum absolute atomic E-state index is 5.53. The Kier molecular flexibility index (Phi) is 4.88. The molecule has 104 valence electrons. The minimum Gasteiger partial charge on any atom is -0.496 e. The molecule has 2 atom stereocenters. The minimum absolute atomic E-state index is 0.421. The van der Waals surface area contributed by atoms with Gasteiger partial charge in [0, 0.05) is 0 Å². The van der Waals surface area contributed by atoms with E-state index in [2.05, 4.69) is 66.3 Å². The molecule has 0 bridgehead atoms. The summed E-state index contributed by atoms with van der Waals surface area (Å²) < 4.78 is 5.53. The van der Waals surface area contributed by atoms with Gasteiger partial charge in [0.15, 0.2) is 7.00 Å². The average molecular weight is 284 g/mol. The Hall–Kier alpha value is -1.27. The lowest BCUT2D eigenvalue weighted by Gasteiger charge is -2.22. The first-order valence-electron chi connectivity index (χ1n) is 6.99. The highest BCUT2D eigenvalue weighted by molar-refractivity contribution is 7.56. The minimum atomic E-state index is 0.421. The van der Waals surface area contributed by atoms with Crippen LogP contribution < -0.4 is 4.74 Å². The Morgan fingerprint density at radius 1 is 1.05 bits per heavy atom. The Bertz CT molecular complexity index is 596. The van der Waals surface area contributed by atoms with Gasteiger partial charge in [-0.25, -0.2) is 0 Å². The molecule has 2 rings (SSSR count). The van der Waals surface area contributed by atoms with E-state index in [9.17, 15) is 0 Å². The number of hydrogen-bond donors (Lipinski definition) is 0. The summed E-state index contributed by atoms with van der Waals surface area (Å²) in [5.41, 5.74) is 6.58. The van der Waals surface area contributed by atoms with Gasteiger partial charge in [0.05, 0.1) is 7.11 Å². The lowest BCUT2D eigenvalue weighted by Crippen LogP contribution is -2.09. The number of aryl methyl sites for hydroxylation is 1. The van der Waals surface area contributed by atoms with Crippen LogP contribution in [0, 0.1) is 20.8 Å². The van der Waals surface area contributed by atoms with Gasteiger partial charge in [-0.3, -0.25) is 0 Å². The van der Waals surface area contributed by atoms with Crippen molar-refractivity contribution < 1.29 is 4.74 Å². The highest BCUT2D eigenvalue weighted by Crippen LogP contribution is 2.35. The first-order valence-corrected chi connectivity index (χ1v) is 7.81. The van der Waals surface area contributed by atoms with Crippen LogP contribution in [0.1, 0.15) is 33.6 Å². The second kappa shape index (κ2) is 6.46. The van der Waals surface area contributed by atoms with Crippen LogP contribution in [0.3, 0.4) is 0 Å². The van der Waals surface area contributed by atoms with Crippen molar-refractivity contribution >= 4 is 16.1 Å². The molecule has 0 radical (unpaired) electrons.